The molecule has 0 saturated carbocycles. The molecule has 4 atom stereocenters. The van der Waals surface area contributed by atoms with Gasteiger partial charge in [-0.25, -0.2) is 4.79 Å². The van der Waals surface area contributed by atoms with Crippen molar-refractivity contribution in [3.05, 3.63) is 40.2 Å². The number of hydrogen-bond donors (Lipinski definition) is 2. The first kappa shape index (κ1) is 20.7. The predicted octanol–water partition coefficient (Wildman–Crippen LogP) is 2.23. The Morgan fingerprint density at radius 1 is 1.21 bits per heavy atom. The van der Waals surface area contributed by atoms with E-state index in [4.69, 9.17) is 13.9 Å². The summed E-state index contributed by atoms with van der Waals surface area (Å²) in [7, 11) is 0. The number of carbonyl (C=O) groups is 1. The van der Waals surface area contributed by atoms with Crippen LogP contribution in [-0.4, -0.2) is 45.7 Å². The number of benzene rings is 1. The Balaban J connectivity index is 1.72. The van der Waals surface area contributed by atoms with E-state index < -0.39 is 40.8 Å². The van der Waals surface area contributed by atoms with E-state index in [2.05, 4.69) is 0 Å². The number of thioether (sulfide) groups is 1. The average Bonchev–Trinajstić information content (AvgIpc) is 2.60. The Labute approximate surface area is 166 Å². The van der Waals surface area contributed by atoms with Crippen LogP contribution in [0.3, 0.4) is 0 Å². The first-order chi connectivity index (χ1) is 13.1. The summed E-state index contributed by atoms with van der Waals surface area (Å²) in [6.45, 7) is 6.98. The zero-order valence-electron chi connectivity index (χ0n) is 16.2. The summed E-state index contributed by atoms with van der Waals surface area (Å²) >= 11 is 1.24. The molecule has 1 aliphatic rings. The van der Waals surface area contributed by atoms with Crippen LogP contribution in [0.4, 0.5) is 0 Å². The van der Waals surface area contributed by atoms with Gasteiger partial charge < -0.3 is 24.1 Å². The molecule has 0 amide bonds. The maximum atomic E-state index is 12.0. The van der Waals surface area contributed by atoms with Gasteiger partial charge >= 0.3 is 11.6 Å². The van der Waals surface area contributed by atoms with E-state index >= 15 is 0 Å². The third kappa shape index (κ3) is 4.34. The van der Waals surface area contributed by atoms with E-state index in [1.807, 2.05) is 6.92 Å². The molecule has 0 aliphatic carbocycles. The van der Waals surface area contributed by atoms with Crippen molar-refractivity contribution >= 4 is 28.7 Å². The number of carbonyl (C=O) groups excluding carboxylic acids is 1. The minimum Gasteiger partial charge on any atom is -0.477 e. The third-order valence-electron chi connectivity index (χ3n) is 4.48. The largest absolute Gasteiger partial charge is 0.477 e. The molecule has 1 saturated heterocycles. The molecule has 152 valence electrons. The van der Waals surface area contributed by atoms with Crippen LogP contribution in [0, 0.1) is 12.3 Å². The summed E-state index contributed by atoms with van der Waals surface area (Å²) in [6.07, 6.45) is -3.33. The van der Waals surface area contributed by atoms with E-state index in [1.54, 1.807) is 39.0 Å². The molecule has 1 aromatic carbocycles. The molecule has 2 aromatic rings. The zero-order chi connectivity index (χ0) is 20.6. The summed E-state index contributed by atoms with van der Waals surface area (Å²) in [5.41, 5.74) is -0.726. The fourth-order valence-electron chi connectivity index (χ4n) is 2.80. The number of rotatable bonds is 3. The Morgan fingerprint density at radius 3 is 2.61 bits per heavy atom. The highest BCUT2D eigenvalue weighted by molar-refractivity contribution is 7.99. The van der Waals surface area contributed by atoms with E-state index in [0.717, 1.165) is 10.9 Å². The molecule has 1 fully saturated rings. The second-order valence-electron chi connectivity index (χ2n) is 7.90. The lowest BCUT2D eigenvalue weighted by Gasteiger charge is -2.37. The number of esters is 1. The van der Waals surface area contributed by atoms with Crippen molar-refractivity contribution in [2.75, 3.05) is 5.75 Å². The fraction of sp³-hybridized carbons (Fsp3) is 0.500. The van der Waals surface area contributed by atoms with Crippen molar-refractivity contribution < 1.29 is 28.9 Å². The highest BCUT2D eigenvalue weighted by Crippen LogP contribution is 2.32. The minimum absolute atomic E-state index is 0.284. The van der Waals surface area contributed by atoms with Crippen LogP contribution in [0.2, 0.25) is 0 Å². The van der Waals surface area contributed by atoms with Crippen molar-refractivity contribution in [2.24, 2.45) is 5.41 Å². The first-order valence-corrected chi connectivity index (χ1v) is 10.0. The van der Waals surface area contributed by atoms with Gasteiger partial charge in [-0.1, -0.05) is 0 Å². The van der Waals surface area contributed by atoms with Gasteiger partial charge in [-0.2, -0.15) is 0 Å². The number of hydrogen-bond acceptors (Lipinski definition) is 8. The molecular weight excluding hydrogens is 384 g/mol. The molecule has 1 aliphatic heterocycles. The van der Waals surface area contributed by atoms with Gasteiger partial charge in [0.05, 0.1) is 5.41 Å². The highest BCUT2D eigenvalue weighted by Gasteiger charge is 2.42. The van der Waals surface area contributed by atoms with Gasteiger partial charge in [0.1, 0.15) is 29.6 Å². The monoisotopic (exact) mass is 408 g/mol. The smallest absolute Gasteiger partial charge is 0.336 e. The van der Waals surface area contributed by atoms with E-state index in [-0.39, 0.29) is 5.75 Å². The Bertz CT molecular complexity index is 930. The molecule has 2 N–H and O–H groups in total. The number of aliphatic hydroxyl groups is 2. The number of ether oxygens (including phenoxy) is 2. The number of fused-ring (bicyclic) bond motifs is 1. The molecule has 0 spiro atoms. The Morgan fingerprint density at radius 2 is 1.93 bits per heavy atom. The van der Waals surface area contributed by atoms with Crippen LogP contribution >= 0.6 is 11.8 Å². The number of aryl methyl sites for hydroxylation is 1. The van der Waals surface area contributed by atoms with Crippen LogP contribution in [-0.2, 0) is 9.53 Å². The third-order valence-corrected chi connectivity index (χ3v) is 5.70. The van der Waals surface area contributed by atoms with Crippen molar-refractivity contribution in [3.63, 3.8) is 0 Å². The van der Waals surface area contributed by atoms with Crippen LogP contribution in [0.5, 0.6) is 5.75 Å². The van der Waals surface area contributed by atoms with Gasteiger partial charge in [0, 0.05) is 23.3 Å². The maximum Gasteiger partial charge on any atom is 0.336 e. The molecule has 7 nitrogen and oxygen atoms in total. The summed E-state index contributed by atoms with van der Waals surface area (Å²) in [6, 6.07) is 6.47. The molecule has 1 aromatic heterocycles. The minimum atomic E-state index is -1.27. The lowest BCUT2D eigenvalue weighted by atomic mass is 9.97. The number of aliphatic hydroxyl groups excluding tert-OH is 2. The van der Waals surface area contributed by atoms with Crippen molar-refractivity contribution in [1.29, 1.82) is 0 Å². The fourth-order valence-corrected chi connectivity index (χ4v) is 3.98. The highest BCUT2D eigenvalue weighted by atomic mass is 32.2. The molecule has 28 heavy (non-hydrogen) atoms. The van der Waals surface area contributed by atoms with Gasteiger partial charge in [-0.05, 0) is 45.4 Å². The van der Waals surface area contributed by atoms with Crippen molar-refractivity contribution in [2.45, 2.75) is 51.4 Å². The molecule has 0 radical (unpaired) electrons. The first-order valence-electron chi connectivity index (χ1n) is 8.96. The van der Waals surface area contributed by atoms with E-state index in [0.29, 0.717) is 11.3 Å². The Hall–Kier alpha value is -2.03. The zero-order valence-corrected chi connectivity index (χ0v) is 17.0. The van der Waals surface area contributed by atoms with Crippen molar-refractivity contribution in [1.82, 2.24) is 0 Å². The topological polar surface area (TPSA) is 106 Å². The van der Waals surface area contributed by atoms with E-state index in [1.165, 1.54) is 17.8 Å². The average molecular weight is 408 g/mol. The summed E-state index contributed by atoms with van der Waals surface area (Å²) in [5.74, 6) is 0.241. The lowest BCUT2D eigenvalue weighted by Crippen LogP contribution is -2.53. The molecule has 3 rings (SSSR count). The molecular formula is C20H24O7S. The van der Waals surface area contributed by atoms with Crippen molar-refractivity contribution in [3.8, 4) is 5.75 Å². The SMILES string of the molecule is Cc1cc(=O)oc2cc(O[C@H]3SC[C@@H](OC(=O)C(C)(C)C)[C@H](O)[C@H]3O)ccc12. The summed E-state index contributed by atoms with van der Waals surface area (Å²) in [5, 5.41) is 21.6. The van der Waals surface area contributed by atoms with Crippen LogP contribution in [0.15, 0.2) is 33.5 Å². The van der Waals surface area contributed by atoms with Crippen LogP contribution in [0.25, 0.3) is 11.0 Å². The molecule has 8 heteroatoms. The molecule has 0 unspecified atom stereocenters. The quantitative estimate of drug-likeness (QED) is 0.588. The standard InChI is InChI=1S/C20H24O7S/c1-10-7-15(21)26-13-8-11(5-6-12(10)13)25-18-17(23)16(22)14(9-28-18)27-19(24)20(2,3)4/h5-8,14,16-18,22-23H,9H2,1-4H3/t14-,16+,17-,18+/m1/s1. The van der Waals surface area contributed by atoms with Gasteiger partial charge in [-0.15, -0.1) is 11.8 Å². The summed E-state index contributed by atoms with van der Waals surface area (Å²) < 4.78 is 16.3. The second-order valence-corrected chi connectivity index (χ2v) is 9.03. The van der Waals surface area contributed by atoms with Gasteiger partial charge in [0.15, 0.2) is 5.44 Å². The second kappa shape index (κ2) is 7.77. The lowest BCUT2D eigenvalue weighted by molar-refractivity contribution is -0.169. The maximum absolute atomic E-state index is 12.0. The van der Waals surface area contributed by atoms with E-state index in [9.17, 15) is 19.8 Å². The van der Waals surface area contributed by atoms with Crippen LogP contribution < -0.4 is 10.4 Å². The molecule has 0 bridgehead atoms. The van der Waals surface area contributed by atoms with Gasteiger partial charge in [0.2, 0.25) is 0 Å². The summed E-state index contributed by atoms with van der Waals surface area (Å²) in [4.78, 5) is 23.6. The molecule has 2 heterocycles. The van der Waals surface area contributed by atoms with Crippen LogP contribution in [0.1, 0.15) is 26.3 Å². The van der Waals surface area contributed by atoms with Gasteiger partial charge in [0.25, 0.3) is 0 Å². The predicted molar refractivity (Wildman–Crippen MR) is 105 cm³/mol. The van der Waals surface area contributed by atoms with Gasteiger partial charge in [-0.3, -0.25) is 4.79 Å². The normalized spacial score (nSPS) is 25.5. The Kier molecular flexibility index (Phi) is 5.74.